The number of rotatable bonds is 8. The zero-order valence-corrected chi connectivity index (χ0v) is 17.7. The van der Waals surface area contributed by atoms with Gasteiger partial charge in [-0.2, -0.15) is 0 Å². The van der Waals surface area contributed by atoms with E-state index in [1.54, 1.807) is 6.92 Å². The van der Waals surface area contributed by atoms with Gasteiger partial charge in [0.1, 0.15) is 5.75 Å². The van der Waals surface area contributed by atoms with Crippen molar-refractivity contribution in [1.82, 2.24) is 4.72 Å². The van der Waals surface area contributed by atoms with Crippen molar-refractivity contribution in [2.24, 2.45) is 0 Å². The van der Waals surface area contributed by atoms with Crippen molar-refractivity contribution in [3.63, 3.8) is 0 Å². The number of nitrogens with one attached hydrogen (secondary N) is 2. The Hall–Kier alpha value is -2.50. The van der Waals surface area contributed by atoms with E-state index in [1.165, 1.54) is 32.4 Å². The van der Waals surface area contributed by atoms with E-state index in [-0.39, 0.29) is 27.3 Å². The average molecular weight is 443 g/mol. The first-order valence-electron chi connectivity index (χ1n) is 8.68. The van der Waals surface area contributed by atoms with Crippen LogP contribution in [0.2, 0.25) is 0 Å². The molecule has 0 aliphatic heterocycles. The largest absolute Gasteiger partial charge is 0.506 e. The lowest BCUT2D eigenvalue weighted by molar-refractivity contribution is 0.353. The molecule has 1 aliphatic rings. The van der Waals surface area contributed by atoms with Gasteiger partial charge in [-0.15, -0.1) is 0 Å². The predicted molar refractivity (Wildman–Crippen MR) is 107 cm³/mol. The van der Waals surface area contributed by atoms with E-state index in [0.717, 1.165) is 25.0 Å². The number of anilines is 1. The predicted octanol–water partition coefficient (Wildman–Crippen LogP) is 1.96. The third-order valence-corrected chi connectivity index (χ3v) is 7.42. The fourth-order valence-corrected chi connectivity index (χ4v) is 5.34. The maximum Gasteiger partial charge on any atom is 0.262 e. The van der Waals surface area contributed by atoms with Gasteiger partial charge in [0.15, 0.2) is 11.5 Å². The van der Waals surface area contributed by atoms with Crippen LogP contribution in [0.4, 0.5) is 5.69 Å². The summed E-state index contributed by atoms with van der Waals surface area (Å²) in [6.45, 7) is 1.58. The summed E-state index contributed by atoms with van der Waals surface area (Å²) in [5.74, 6) is 0.177. The number of aryl methyl sites for hydroxylation is 1. The molecule has 9 nitrogen and oxygen atoms in total. The lowest BCUT2D eigenvalue weighted by Crippen LogP contribution is -2.25. The van der Waals surface area contributed by atoms with Gasteiger partial charge in [0.05, 0.1) is 29.7 Å². The van der Waals surface area contributed by atoms with Gasteiger partial charge in [-0.1, -0.05) is 0 Å². The number of sulfonamides is 2. The summed E-state index contributed by atoms with van der Waals surface area (Å²) in [6, 6.07) is 6.10. The Morgan fingerprint density at radius 3 is 2.17 bits per heavy atom. The second kappa shape index (κ2) is 7.73. The molecule has 11 heteroatoms. The van der Waals surface area contributed by atoms with Crippen molar-refractivity contribution >= 4 is 25.7 Å². The van der Waals surface area contributed by atoms with Crippen molar-refractivity contribution < 1.29 is 31.4 Å². The number of hydrogen-bond donors (Lipinski definition) is 3. The van der Waals surface area contributed by atoms with Crippen LogP contribution in [0.15, 0.2) is 40.1 Å². The third-order valence-electron chi connectivity index (χ3n) is 4.39. The molecule has 1 fully saturated rings. The Labute approximate surface area is 169 Å². The van der Waals surface area contributed by atoms with E-state index in [2.05, 4.69) is 9.44 Å². The van der Waals surface area contributed by atoms with Crippen LogP contribution in [0, 0.1) is 6.92 Å². The summed E-state index contributed by atoms with van der Waals surface area (Å²) in [7, 11) is -5.16. The van der Waals surface area contributed by atoms with Crippen LogP contribution in [0.25, 0.3) is 0 Å². The van der Waals surface area contributed by atoms with Gasteiger partial charge in [0.2, 0.25) is 10.0 Å². The summed E-state index contributed by atoms with van der Waals surface area (Å²) in [6.07, 6.45) is 1.52. The molecular weight excluding hydrogens is 420 g/mol. The van der Waals surface area contributed by atoms with Crippen LogP contribution < -0.4 is 18.9 Å². The number of hydrogen-bond acceptors (Lipinski definition) is 7. The molecule has 0 bridgehead atoms. The Balaban J connectivity index is 1.97. The molecule has 0 radical (unpaired) electrons. The standard InChI is InChI=1S/C18H22N2O7S2/c1-11-8-16(26-2)17(27-3)10-18(11)29(24,25)20-14-9-13(6-7-15(14)21)28(22,23)19-12-4-5-12/h6-10,12,19-21H,4-5H2,1-3H3. The van der Waals surface area contributed by atoms with Crippen LogP contribution in [0.5, 0.6) is 17.2 Å². The molecule has 2 aromatic carbocycles. The number of benzene rings is 2. The van der Waals surface area contributed by atoms with Crippen LogP contribution in [0.1, 0.15) is 18.4 Å². The fourth-order valence-electron chi connectivity index (χ4n) is 2.70. The van der Waals surface area contributed by atoms with Crippen molar-refractivity contribution in [3.05, 3.63) is 35.9 Å². The zero-order valence-electron chi connectivity index (χ0n) is 16.1. The summed E-state index contributed by atoms with van der Waals surface area (Å²) in [5, 5.41) is 10.1. The van der Waals surface area contributed by atoms with E-state index in [9.17, 15) is 21.9 Å². The number of phenolic OH excluding ortho intramolecular Hbond substituents is 1. The van der Waals surface area contributed by atoms with Gasteiger partial charge in [-0.05, 0) is 49.6 Å². The highest BCUT2D eigenvalue weighted by Gasteiger charge is 2.29. The van der Waals surface area contributed by atoms with E-state index < -0.39 is 25.8 Å². The highest BCUT2D eigenvalue weighted by atomic mass is 32.2. The summed E-state index contributed by atoms with van der Waals surface area (Å²) >= 11 is 0. The molecule has 0 unspecified atom stereocenters. The minimum Gasteiger partial charge on any atom is -0.506 e. The maximum absolute atomic E-state index is 12.9. The number of methoxy groups -OCH3 is 2. The maximum atomic E-state index is 12.9. The molecule has 29 heavy (non-hydrogen) atoms. The normalized spacial score (nSPS) is 14.4. The van der Waals surface area contributed by atoms with Gasteiger partial charge in [0, 0.05) is 12.1 Å². The fraction of sp³-hybridized carbons (Fsp3) is 0.333. The topological polar surface area (TPSA) is 131 Å². The monoisotopic (exact) mass is 442 g/mol. The average Bonchev–Trinajstić information content (AvgIpc) is 3.46. The first-order chi connectivity index (χ1) is 13.6. The first-order valence-corrected chi connectivity index (χ1v) is 11.6. The van der Waals surface area contributed by atoms with Crippen LogP contribution >= 0.6 is 0 Å². The zero-order chi connectivity index (χ0) is 21.4. The molecule has 0 saturated heterocycles. The van der Waals surface area contributed by atoms with Crippen molar-refractivity contribution in [1.29, 1.82) is 0 Å². The first kappa shape index (κ1) is 21.2. The SMILES string of the molecule is COc1cc(C)c(S(=O)(=O)Nc2cc(S(=O)(=O)NC3CC3)ccc2O)cc1OC. The summed E-state index contributed by atoms with van der Waals surface area (Å²) in [4.78, 5) is -0.247. The lowest BCUT2D eigenvalue weighted by atomic mass is 10.2. The molecule has 3 N–H and O–H groups in total. The van der Waals surface area contributed by atoms with E-state index in [1.807, 2.05) is 0 Å². The smallest absolute Gasteiger partial charge is 0.262 e. The molecule has 3 rings (SSSR count). The van der Waals surface area contributed by atoms with Crippen molar-refractivity contribution in [3.8, 4) is 17.2 Å². The summed E-state index contributed by atoms with van der Waals surface area (Å²) < 4.78 is 65.7. The number of ether oxygens (including phenoxy) is 2. The molecular formula is C18H22N2O7S2. The molecule has 0 atom stereocenters. The second-order valence-corrected chi connectivity index (χ2v) is 10.0. The molecule has 1 aliphatic carbocycles. The van der Waals surface area contributed by atoms with E-state index in [4.69, 9.17) is 9.47 Å². The van der Waals surface area contributed by atoms with Gasteiger partial charge >= 0.3 is 0 Å². The Bertz CT molecular complexity index is 1140. The Kier molecular flexibility index (Phi) is 5.65. The molecule has 1 saturated carbocycles. The van der Waals surface area contributed by atoms with Gasteiger partial charge in [0.25, 0.3) is 10.0 Å². The Morgan fingerprint density at radius 2 is 1.59 bits per heavy atom. The minimum absolute atomic E-state index is 0.0982. The molecule has 158 valence electrons. The van der Waals surface area contributed by atoms with Crippen LogP contribution in [0.3, 0.4) is 0 Å². The number of aromatic hydroxyl groups is 1. The van der Waals surface area contributed by atoms with E-state index in [0.29, 0.717) is 11.3 Å². The van der Waals surface area contributed by atoms with Crippen LogP contribution in [-0.2, 0) is 20.0 Å². The van der Waals surface area contributed by atoms with E-state index >= 15 is 0 Å². The third kappa shape index (κ3) is 4.57. The second-order valence-electron chi connectivity index (χ2n) is 6.65. The van der Waals surface area contributed by atoms with Crippen molar-refractivity contribution in [2.75, 3.05) is 18.9 Å². The van der Waals surface area contributed by atoms with Crippen molar-refractivity contribution in [2.45, 2.75) is 35.6 Å². The summed E-state index contributed by atoms with van der Waals surface area (Å²) in [5.41, 5.74) is 0.131. The van der Waals surface area contributed by atoms with Gasteiger partial charge in [-0.25, -0.2) is 21.6 Å². The van der Waals surface area contributed by atoms with Gasteiger partial charge < -0.3 is 14.6 Å². The Morgan fingerprint density at radius 1 is 0.966 bits per heavy atom. The highest BCUT2D eigenvalue weighted by molar-refractivity contribution is 7.92. The number of phenols is 1. The molecule has 0 amide bonds. The minimum atomic E-state index is -4.16. The quantitative estimate of drug-likeness (QED) is 0.533. The highest BCUT2D eigenvalue weighted by Crippen LogP contribution is 2.35. The van der Waals surface area contributed by atoms with Crippen LogP contribution in [-0.4, -0.2) is 42.2 Å². The molecule has 0 heterocycles. The molecule has 0 spiro atoms. The lowest BCUT2D eigenvalue weighted by Gasteiger charge is -2.15. The molecule has 0 aromatic heterocycles. The molecule has 2 aromatic rings. The van der Waals surface area contributed by atoms with Gasteiger partial charge in [-0.3, -0.25) is 4.72 Å².